The lowest BCUT2D eigenvalue weighted by atomic mass is 9.93. The molecule has 17 heavy (non-hydrogen) atoms. The molecule has 1 heterocycles. The van der Waals surface area contributed by atoms with Crippen LogP contribution in [0.15, 0.2) is 0 Å². The van der Waals surface area contributed by atoms with Gasteiger partial charge in [0.2, 0.25) is 0 Å². The average molecular weight is 241 g/mol. The van der Waals surface area contributed by atoms with Gasteiger partial charge in [-0.05, 0) is 12.8 Å². The van der Waals surface area contributed by atoms with Crippen LogP contribution in [0.3, 0.4) is 0 Å². The predicted molar refractivity (Wildman–Crippen MR) is 61.6 cm³/mol. The molecule has 5 nitrogen and oxygen atoms in total. The summed E-state index contributed by atoms with van der Waals surface area (Å²) in [5.74, 6) is -0.661. The zero-order chi connectivity index (χ0) is 13.0. The molecule has 0 aliphatic carbocycles. The second-order valence-corrected chi connectivity index (χ2v) is 4.80. The molecule has 1 rings (SSSR count). The van der Waals surface area contributed by atoms with Crippen LogP contribution in [0.2, 0.25) is 0 Å². The molecule has 5 heteroatoms. The van der Waals surface area contributed by atoms with Crippen LogP contribution in [0, 0.1) is 11.8 Å². The van der Waals surface area contributed by atoms with E-state index in [0.29, 0.717) is 13.2 Å². The topological polar surface area (TPSA) is 63.7 Å². The number of piperidine rings is 1. The van der Waals surface area contributed by atoms with Crippen molar-refractivity contribution in [3.05, 3.63) is 0 Å². The number of Topliss-reactive ketones (excluding diaryl/α,β-unsaturated/α-hetero) is 2. The highest BCUT2D eigenvalue weighted by molar-refractivity contribution is 6.02. The Kier molecular flexibility index (Phi) is 4.66. The molecule has 1 atom stereocenters. The van der Waals surface area contributed by atoms with Crippen molar-refractivity contribution in [2.75, 3.05) is 19.7 Å². The van der Waals surface area contributed by atoms with Crippen LogP contribution < -0.4 is 0 Å². The molecule has 0 saturated carbocycles. The van der Waals surface area contributed by atoms with Crippen molar-refractivity contribution < 1.29 is 19.1 Å². The molecule has 0 aromatic carbocycles. The number of amides is 1. The van der Waals surface area contributed by atoms with E-state index < -0.39 is 12.0 Å². The van der Waals surface area contributed by atoms with Crippen molar-refractivity contribution in [3.8, 4) is 0 Å². The van der Waals surface area contributed by atoms with Gasteiger partial charge in [0, 0.05) is 19.5 Å². The molecule has 96 valence electrons. The van der Waals surface area contributed by atoms with E-state index in [0.717, 1.165) is 0 Å². The molecule has 0 aromatic rings. The third-order valence-corrected chi connectivity index (χ3v) is 2.71. The molecule has 0 aromatic heterocycles. The minimum Gasteiger partial charge on any atom is -0.449 e. The maximum atomic E-state index is 11.7. The highest BCUT2D eigenvalue weighted by atomic mass is 16.6. The maximum absolute atomic E-state index is 11.7. The minimum atomic E-state index is -0.671. The molecule has 1 amide bonds. The number of likely N-dealkylation sites (tertiary alicyclic amines) is 1. The van der Waals surface area contributed by atoms with Gasteiger partial charge < -0.3 is 9.64 Å². The summed E-state index contributed by atoms with van der Waals surface area (Å²) in [5.41, 5.74) is 0. The fraction of sp³-hybridized carbons (Fsp3) is 0.750. The van der Waals surface area contributed by atoms with Gasteiger partial charge in [-0.3, -0.25) is 9.59 Å². The van der Waals surface area contributed by atoms with Gasteiger partial charge in [0.1, 0.15) is 11.6 Å². The quantitative estimate of drug-likeness (QED) is 0.698. The van der Waals surface area contributed by atoms with E-state index in [9.17, 15) is 14.4 Å². The Morgan fingerprint density at radius 3 is 2.65 bits per heavy atom. The number of ether oxygens (including phenoxy) is 1. The Hall–Kier alpha value is -1.39. The van der Waals surface area contributed by atoms with Gasteiger partial charge in [-0.2, -0.15) is 0 Å². The molecule has 1 aliphatic rings. The van der Waals surface area contributed by atoms with Gasteiger partial charge in [0.25, 0.3) is 0 Å². The smallest absolute Gasteiger partial charge is 0.409 e. The Balaban J connectivity index is 2.52. The van der Waals surface area contributed by atoms with E-state index in [1.54, 1.807) is 0 Å². The SMILES string of the molecule is CC(=O)C1CN(C(=O)OCC(C)C)CCC1=O. The Morgan fingerprint density at radius 1 is 1.47 bits per heavy atom. The first-order valence-corrected chi connectivity index (χ1v) is 5.86. The van der Waals surface area contributed by atoms with E-state index >= 15 is 0 Å². The summed E-state index contributed by atoms with van der Waals surface area (Å²) in [6.07, 6.45) is -0.196. The number of ketones is 2. The minimum absolute atomic E-state index is 0.0783. The summed E-state index contributed by atoms with van der Waals surface area (Å²) in [6, 6.07) is 0. The first kappa shape index (κ1) is 13.7. The molecule has 1 fully saturated rings. The lowest BCUT2D eigenvalue weighted by Crippen LogP contribution is -2.46. The second kappa shape index (κ2) is 5.80. The zero-order valence-corrected chi connectivity index (χ0v) is 10.6. The number of hydrogen-bond donors (Lipinski definition) is 0. The van der Waals surface area contributed by atoms with Crippen molar-refractivity contribution in [2.45, 2.75) is 27.2 Å². The fourth-order valence-electron chi connectivity index (χ4n) is 1.68. The van der Waals surface area contributed by atoms with Gasteiger partial charge in [0.05, 0.1) is 12.5 Å². The molecular weight excluding hydrogens is 222 g/mol. The maximum Gasteiger partial charge on any atom is 0.409 e. The van der Waals surface area contributed by atoms with Gasteiger partial charge in [-0.25, -0.2) is 4.79 Å². The van der Waals surface area contributed by atoms with E-state index in [1.807, 2.05) is 13.8 Å². The average Bonchev–Trinajstić information content (AvgIpc) is 2.26. The summed E-state index contributed by atoms with van der Waals surface area (Å²) in [4.78, 5) is 35.8. The summed E-state index contributed by atoms with van der Waals surface area (Å²) >= 11 is 0. The Morgan fingerprint density at radius 2 is 2.12 bits per heavy atom. The van der Waals surface area contributed by atoms with E-state index in [-0.39, 0.29) is 30.4 Å². The number of carbonyl (C=O) groups is 3. The first-order valence-electron chi connectivity index (χ1n) is 5.86. The molecule has 0 radical (unpaired) electrons. The first-order chi connectivity index (χ1) is 7.91. The van der Waals surface area contributed by atoms with Crippen molar-refractivity contribution in [3.63, 3.8) is 0 Å². The van der Waals surface area contributed by atoms with Crippen LogP contribution in [0.25, 0.3) is 0 Å². The highest BCUT2D eigenvalue weighted by Gasteiger charge is 2.33. The van der Waals surface area contributed by atoms with Crippen LogP contribution in [0.5, 0.6) is 0 Å². The van der Waals surface area contributed by atoms with E-state index in [1.165, 1.54) is 11.8 Å². The van der Waals surface area contributed by atoms with Crippen LogP contribution in [0.4, 0.5) is 4.79 Å². The van der Waals surface area contributed by atoms with Gasteiger partial charge in [-0.1, -0.05) is 13.8 Å². The van der Waals surface area contributed by atoms with Crippen LogP contribution >= 0.6 is 0 Å². The number of rotatable bonds is 3. The largest absolute Gasteiger partial charge is 0.449 e. The normalized spacial score (nSPS) is 20.6. The monoisotopic (exact) mass is 241 g/mol. The van der Waals surface area contributed by atoms with Crippen molar-refractivity contribution in [2.24, 2.45) is 11.8 Å². The lowest BCUT2D eigenvalue weighted by Gasteiger charge is -2.30. The molecule has 1 unspecified atom stereocenters. The van der Waals surface area contributed by atoms with Crippen LogP contribution in [-0.2, 0) is 14.3 Å². The Labute approximate surface area is 101 Å². The fourth-order valence-corrected chi connectivity index (χ4v) is 1.68. The predicted octanol–water partition coefficient (Wildman–Crippen LogP) is 1.26. The summed E-state index contributed by atoms with van der Waals surface area (Å²) < 4.78 is 5.07. The van der Waals surface area contributed by atoms with Gasteiger partial charge in [0.15, 0.2) is 0 Å². The molecular formula is C12H19NO4. The summed E-state index contributed by atoms with van der Waals surface area (Å²) in [6.45, 7) is 6.14. The molecule has 1 aliphatic heterocycles. The summed E-state index contributed by atoms with van der Waals surface area (Å²) in [7, 11) is 0. The Bertz CT molecular complexity index is 324. The number of carbonyl (C=O) groups excluding carboxylic acids is 3. The van der Waals surface area contributed by atoms with Crippen LogP contribution in [-0.4, -0.2) is 42.3 Å². The second-order valence-electron chi connectivity index (χ2n) is 4.80. The standard InChI is InChI=1S/C12H19NO4/c1-8(2)7-17-12(16)13-5-4-11(15)10(6-13)9(3)14/h8,10H,4-7H2,1-3H3. The lowest BCUT2D eigenvalue weighted by molar-refractivity contribution is -0.134. The molecule has 0 bridgehead atoms. The highest BCUT2D eigenvalue weighted by Crippen LogP contribution is 2.15. The van der Waals surface area contributed by atoms with Crippen molar-refractivity contribution in [1.29, 1.82) is 0 Å². The van der Waals surface area contributed by atoms with Crippen molar-refractivity contribution in [1.82, 2.24) is 4.90 Å². The van der Waals surface area contributed by atoms with Crippen molar-refractivity contribution >= 4 is 17.7 Å². The molecule has 0 spiro atoms. The van der Waals surface area contributed by atoms with Gasteiger partial charge >= 0.3 is 6.09 Å². The summed E-state index contributed by atoms with van der Waals surface area (Å²) in [5, 5.41) is 0. The third-order valence-electron chi connectivity index (χ3n) is 2.71. The number of hydrogen-bond acceptors (Lipinski definition) is 4. The molecule has 0 N–H and O–H groups in total. The molecule has 1 saturated heterocycles. The number of nitrogens with zero attached hydrogens (tertiary/aromatic N) is 1. The zero-order valence-electron chi connectivity index (χ0n) is 10.6. The van der Waals surface area contributed by atoms with Crippen LogP contribution in [0.1, 0.15) is 27.2 Å². The van der Waals surface area contributed by atoms with Gasteiger partial charge in [-0.15, -0.1) is 0 Å². The van der Waals surface area contributed by atoms with E-state index in [4.69, 9.17) is 4.74 Å². The van der Waals surface area contributed by atoms with E-state index in [2.05, 4.69) is 0 Å². The third kappa shape index (κ3) is 3.84.